The van der Waals surface area contributed by atoms with E-state index in [9.17, 15) is 4.79 Å². The van der Waals surface area contributed by atoms with Gasteiger partial charge in [-0.15, -0.1) is 0 Å². The van der Waals surface area contributed by atoms with Gasteiger partial charge in [0.2, 0.25) is 6.79 Å². The molecule has 5 rings (SSSR count). The first-order valence-corrected chi connectivity index (χ1v) is 11.3. The number of hydrogen-bond donors (Lipinski definition) is 2. The van der Waals surface area contributed by atoms with Crippen LogP contribution in [-0.2, 0) is 11.3 Å². The van der Waals surface area contributed by atoms with Gasteiger partial charge in [0.25, 0.3) is 5.56 Å². The number of ether oxygens (including phenoxy) is 4. The Hall–Kier alpha value is -3.30. The molecule has 8 nitrogen and oxygen atoms in total. The van der Waals surface area contributed by atoms with Crippen LogP contribution in [0.25, 0.3) is 10.9 Å². The zero-order valence-corrected chi connectivity index (χ0v) is 19.1. The van der Waals surface area contributed by atoms with Crippen LogP contribution in [-0.4, -0.2) is 48.2 Å². The molecule has 0 unspecified atom stereocenters. The molecule has 2 aromatic carbocycles. The maximum atomic E-state index is 12.9. The summed E-state index contributed by atoms with van der Waals surface area (Å²) >= 11 is 5.74. The molecular formula is C24H25N3O5S. The Bertz CT molecular complexity index is 1220. The molecule has 3 aromatic rings. The van der Waals surface area contributed by atoms with Crippen LogP contribution in [0.1, 0.15) is 18.4 Å². The molecule has 1 aromatic heterocycles. The van der Waals surface area contributed by atoms with Gasteiger partial charge in [-0.3, -0.25) is 4.79 Å². The Morgan fingerprint density at radius 1 is 1.21 bits per heavy atom. The molecule has 1 saturated heterocycles. The van der Waals surface area contributed by atoms with E-state index < -0.39 is 0 Å². The Kier molecular flexibility index (Phi) is 6.06. The number of H-pyrrole nitrogens is 1. The number of nitrogens with one attached hydrogen (secondary N) is 2. The molecule has 0 bridgehead atoms. The fraction of sp³-hybridized carbons (Fsp3) is 0.333. The van der Waals surface area contributed by atoms with Crippen LogP contribution >= 0.6 is 12.2 Å². The van der Waals surface area contributed by atoms with Gasteiger partial charge in [0.1, 0.15) is 5.75 Å². The topological polar surface area (TPSA) is 85.1 Å². The lowest BCUT2D eigenvalue weighted by Gasteiger charge is -2.28. The van der Waals surface area contributed by atoms with E-state index in [0.717, 1.165) is 36.3 Å². The highest BCUT2D eigenvalue weighted by molar-refractivity contribution is 7.80. The van der Waals surface area contributed by atoms with Crippen LogP contribution in [0.15, 0.2) is 47.3 Å². The van der Waals surface area contributed by atoms with E-state index in [-0.39, 0.29) is 18.5 Å². The molecule has 2 aliphatic heterocycles. The number of hydrogen-bond acceptors (Lipinski definition) is 6. The van der Waals surface area contributed by atoms with Crippen molar-refractivity contribution in [2.45, 2.75) is 25.5 Å². The predicted molar refractivity (Wildman–Crippen MR) is 129 cm³/mol. The summed E-state index contributed by atoms with van der Waals surface area (Å²) in [5.41, 5.74) is 2.00. The van der Waals surface area contributed by atoms with Gasteiger partial charge in [-0.2, -0.15) is 0 Å². The minimum absolute atomic E-state index is 0.0778. The third kappa shape index (κ3) is 4.74. The third-order valence-corrected chi connectivity index (χ3v) is 6.21. The number of nitrogens with zero attached hydrogens (tertiary/aromatic N) is 1. The second-order valence-electron chi connectivity index (χ2n) is 8.09. The molecule has 0 amide bonds. The van der Waals surface area contributed by atoms with E-state index in [1.807, 2.05) is 41.3 Å². The average molecular weight is 468 g/mol. The molecule has 1 fully saturated rings. The second kappa shape index (κ2) is 9.29. The van der Waals surface area contributed by atoms with Crippen molar-refractivity contribution in [3.8, 4) is 17.2 Å². The molecule has 33 heavy (non-hydrogen) atoms. The zero-order chi connectivity index (χ0) is 22.8. The first-order chi connectivity index (χ1) is 16.1. The van der Waals surface area contributed by atoms with Gasteiger partial charge in [0.15, 0.2) is 16.6 Å². The normalized spacial score (nSPS) is 16.7. The Labute approximate surface area is 196 Å². The predicted octanol–water partition coefficient (Wildman–Crippen LogP) is 3.64. The van der Waals surface area contributed by atoms with Crippen molar-refractivity contribution in [2.24, 2.45) is 0 Å². The van der Waals surface area contributed by atoms with Crippen LogP contribution in [0.3, 0.4) is 0 Å². The van der Waals surface area contributed by atoms with Crippen LogP contribution < -0.4 is 25.1 Å². The molecule has 2 aliphatic rings. The van der Waals surface area contributed by atoms with Crippen molar-refractivity contribution in [3.63, 3.8) is 0 Å². The third-order valence-electron chi connectivity index (χ3n) is 5.85. The number of aromatic amines is 1. The number of aromatic nitrogens is 1. The van der Waals surface area contributed by atoms with E-state index in [0.29, 0.717) is 40.8 Å². The van der Waals surface area contributed by atoms with E-state index in [2.05, 4.69) is 10.3 Å². The number of methoxy groups -OCH3 is 1. The van der Waals surface area contributed by atoms with Crippen LogP contribution in [0.2, 0.25) is 0 Å². The fourth-order valence-electron chi connectivity index (χ4n) is 4.09. The summed E-state index contributed by atoms with van der Waals surface area (Å²) in [4.78, 5) is 17.8. The molecule has 2 N–H and O–H groups in total. The van der Waals surface area contributed by atoms with Crippen molar-refractivity contribution < 1.29 is 18.9 Å². The number of pyridine rings is 1. The van der Waals surface area contributed by atoms with Gasteiger partial charge in [0.05, 0.1) is 25.3 Å². The van der Waals surface area contributed by atoms with E-state index in [4.69, 9.17) is 31.2 Å². The molecule has 172 valence electrons. The molecule has 0 spiro atoms. The van der Waals surface area contributed by atoms with Crippen molar-refractivity contribution in [3.05, 3.63) is 58.4 Å². The summed E-state index contributed by atoms with van der Waals surface area (Å²) < 4.78 is 22.0. The SMILES string of the molecule is COc1ccc(NC(=S)N(Cc2cc3cc4c(cc3[nH]c2=O)OCO4)C[C@H]2CCCO2)cc1. The lowest BCUT2D eigenvalue weighted by molar-refractivity contribution is 0.0904. The van der Waals surface area contributed by atoms with E-state index in [1.165, 1.54) is 0 Å². The monoisotopic (exact) mass is 467 g/mol. The Morgan fingerprint density at radius 2 is 2.00 bits per heavy atom. The minimum Gasteiger partial charge on any atom is -0.497 e. The van der Waals surface area contributed by atoms with Crippen molar-refractivity contribution in [1.82, 2.24) is 9.88 Å². The van der Waals surface area contributed by atoms with E-state index in [1.54, 1.807) is 13.2 Å². The highest BCUT2D eigenvalue weighted by Crippen LogP contribution is 2.35. The Balaban J connectivity index is 1.40. The first-order valence-electron chi connectivity index (χ1n) is 10.9. The summed E-state index contributed by atoms with van der Waals surface area (Å²) in [5.74, 6) is 2.08. The highest BCUT2D eigenvalue weighted by atomic mass is 32.1. The van der Waals surface area contributed by atoms with Crippen LogP contribution in [0, 0.1) is 0 Å². The highest BCUT2D eigenvalue weighted by Gasteiger charge is 2.23. The molecule has 1 atom stereocenters. The molecule has 0 aliphatic carbocycles. The fourth-order valence-corrected chi connectivity index (χ4v) is 4.35. The number of anilines is 1. The minimum atomic E-state index is -0.161. The van der Waals surface area contributed by atoms with Crippen LogP contribution in [0.5, 0.6) is 17.2 Å². The molecule has 0 radical (unpaired) electrons. The summed E-state index contributed by atoms with van der Waals surface area (Å²) in [7, 11) is 1.63. The summed E-state index contributed by atoms with van der Waals surface area (Å²) in [6, 6.07) is 13.1. The van der Waals surface area contributed by atoms with Gasteiger partial charge in [-0.25, -0.2) is 0 Å². The average Bonchev–Trinajstić information content (AvgIpc) is 3.50. The summed E-state index contributed by atoms with van der Waals surface area (Å²) in [5, 5.41) is 4.68. The molecule has 9 heteroatoms. The van der Waals surface area contributed by atoms with Gasteiger partial charge in [-0.05, 0) is 61.5 Å². The standard InChI is InChI=1S/C24H25N3O5S/c1-29-18-6-4-17(5-7-18)25-24(33)27(13-19-3-2-8-30-19)12-16-9-15-10-21-22(32-14-31-21)11-20(15)26-23(16)28/h4-7,9-11,19H,2-3,8,12-14H2,1H3,(H,25,33)(H,26,28)/t19-/m1/s1. The molecule has 3 heterocycles. The number of thiocarbonyl (C=S) groups is 1. The maximum Gasteiger partial charge on any atom is 0.253 e. The molecule has 0 saturated carbocycles. The van der Waals surface area contributed by atoms with Gasteiger partial charge >= 0.3 is 0 Å². The summed E-state index contributed by atoms with van der Waals surface area (Å²) in [6.07, 6.45) is 2.08. The molecular weight excluding hydrogens is 442 g/mol. The summed E-state index contributed by atoms with van der Waals surface area (Å²) in [6.45, 7) is 1.88. The van der Waals surface area contributed by atoms with Crippen molar-refractivity contribution in [1.29, 1.82) is 0 Å². The Morgan fingerprint density at radius 3 is 2.73 bits per heavy atom. The van der Waals surface area contributed by atoms with Gasteiger partial charge in [-0.1, -0.05) is 0 Å². The smallest absolute Gasteiger partial charge is 0.253 e. The van der Waals surface area contributed by atoms with Gasteiger partial charge < -0.3 is 34.1 Å². The van der Waals surface area contributed by atoms with Gasteiger partial charge in [0, 0.05) is 35.9 Å². The largest absolute Gasteiger partial charge is 0.497 e. The zero-order valence-electron chi connectivity index (χ0n) is 18.3. The van der Waals surface area contributed by atoms with Crippen molar-refractivity contribution in [2.75, 3.05) is 32.4 Å². The lowest BCUT2D eigenvalue weighted by Crippen LogP contribution is -2.40. The van der Waals surface area contributed by atoms with E-state index >= 15 is 0 Å². The second-order valence-corrected chi connectivity index (χ2v) is 8.48. The first kappa shape index (κ1) is 21.5. The quantitative estimate of drug-likeness (QED) is 0.532. The van der Waals surface area contributed by atoms with Crippen LogP contribution in [0.4, 0.5) is 5.69 Å². The maximum absolute atomic E-state index is 12.9. The number of fused-ring (bicyclic) bond motifs is 2. The number of benzene rings is 2. The number of rotatable bonds is 6. The lowest BCUT2D eigenvalue weighted by atomic mass is 10.1. The van der Waals surface area contributed by atoms with Crippen molar-refractivity contribution >= 4 is 33.9 Å².